The molecule has 0 saturated heterocycles. The van der Waals surface area contributed by atoms with Crippen molar-refractivity contribution in [3.05, 3.63) is 89.5 Å². The van der Waals surface area contributed by atoms with Crippen molar-refractivity contribution in [3.8, 4) is 0 Å². The van der Waals surface area contributed by atoms with Crippen LogP contribution in [-0.4, -0.2) is 24.5 Å². The van der Waals surface area contributed by atoms with Crippen molar-refractivity contribution in [2.75, 3.05) is 19.6 Å². The maximum Gasteiger partial charge on any atom is 0.416 e. The van der Waals surface area contributed by atoms with Gasteiger partial charge < -0.3 is 0 Å². The molecule has 3 aromatic carbocycles. The van der Waals surface area contributed by atoms with Crippen LogP contribution in [0.3, 0.4) is 0 Å². The molecule has 144 valence electrons. The van der Waals surface area contributed by atoms with Crippen molar-refractivity contribution in [3.63, 3.8) is 0 Å². The van der Waals surface area contributed by atoms with Gasteiger partial charge in [-0.2, -0.15) is 13.2 Å². The number of alkyl halides is 3. The molecule has 28 heavy (non-hydrogen) atoms. The minimum absolute atomic E-state index is 0.579. The third-order valence-electron chi connectivity index (χ3n) is 5.38. The second-order valence-electron chi connectivity index (χ2n) is 7.29. The van der Waals surface area contributed by atoms with Crippen molar-refractivity contribution >= 4 is 16.3 Å². The van der Waals surface area contributed by atoms with Gasteiger partial charge in [0.15, 0.2) is 0 Å². The first-order chi connectivity index (χ1) is 13.5. The Labute approximate surface area is 163 Å². The molecule has 0 radical (unpaired) electrons. The molecule has 1 nitrogen and oxygen atoms in total. The molecule has 0 atom stereocenters. The van der Waals surface area contributed by atoms with Crippen molar-refractivity contribution in [2.45, 2.75) is 19.0 Å². The van der Waals surface area contributed by atoms with Crippen molar-refractivity contribution in [2.24, 2.45) is 0 Å². The van der Waals surface area contributed by atoms with E-state index in [1.165, 1.54) is 28.5 Å². The average molecular weight is 381 g/mol. The summed E-state index contributed by atoms with van der Waals surface area (Å²) in [5.74, 6) is 0. The van der Waals surface area contributed by atoms with Gasteiger partial charge in [-0.25, -0.2) is 0 Å². The minimum Gasteiger partial charge on any atom is -0.299 e. The molecule has 1 aliphatic rings. The molecule has 0 spiro atoms. The molecule has 1 aliphatic heterocycles. The summed E-state index contributed by atoms with van der Waals surface area (Å²) in [4.78, 5) is 2.35. The van der Waals surface area contributed by atoms with Crippen LogP contribution in [0.4, 0.5) is 13.2 Å². The third-order valence-corrected chi connectivity index (χ3v) is 5.38. The summed E-state index contributed by atoms with van der Waals surface area (Å²) in [6.07, 6.45) is -0.479. The molecule has 0 saturated carbocycles. The second kappa shape index (κ2) is 7.80. The molecule has 0 amide bonds. The zero-order valence-corrected chi connectivity index (χ0v) is 15.5. The monoisotopic (exact) mass is 381 g/mol. The normalized spacial score (nSPS) is 15.6. The number of hydrogen-bond donors (Lipinski definition) is 0. The van der Waals surface area contributed by atoms with Crippen LogP contribution in [0.1, 0.15) is 23.1 Å². The van der Waals surface area contributed by atoms with E-state index in [2.05, 4.69) is 47.4 Å². The van der Waals surface area contributed by atoms with Gasteiger partial charge in [0.25, 0.3) is 0 Å². The van der Waals surface area contributed by atoms with Crippen LogP contribution in [0.15, 0.2) is 72.8 Å². The van der Waals surface area contributed by atoms with Crippen molar-refractivity contribution < 1.29 is 13.2 Å². The highest BCUT2D eigenvalue weighted by atomic mass is 19.4. The molecule has 0 fully saturated rings. The second-order valence-corrected chi connectivity index (χ2v) is 7.29. The van der Waals surface area contributed by atoms with Crippen LogP contribution in [-0.2, 0) is 12.6 Å². The molecule has 4 rings (SSSR count). The fourth-order valence-corrected chi connectivity index (χ4v) is 3.75. The lowest BCUT2D eigenvalue weighted by Crippen LogP contribution is -2.30. The SMILES string of the molecule is FC(F)(F)c1cccc(C2=CCN(CCc3ccc4ccccc4c3)CC2)c1. The van der Waals surface area contributed by atoms with Gasteiger partial charge in [-0.15, -0.1) is 0 Å². The van der Waals surface area contributed by atoms with Gasteiger partial charge in [0, 0.05) is 19.6 Å². The maximum atomic E-state index is 12.9. The summed E-state index contributed by atoms with van der Waals surface area (Å²) in [5, 5.41) is 2.50. The van der Waals surface area contributed by atoms with E-state index < -0.39 is 11.7 Å². The largest absolute Gasteiger partial charge is 0.416 e. The van der Waals surface area contributed by atoms with Gasteiger partial charge in [0.05, 0.1) is 5.56 Å². The van der Waals surface area contributed by atoms with Crippen LogP contribution in [0.2, 0.25) is 0 Å². The molecule has 4 heteroatoms. The lowest BCUT2D eigenvalue weighted by atomic mass is 9.97. The molecular formula is C24H22F3N. The van der Waals surface area contributed by atoms with E-state index in [-0.39, 0.29) is 0 Å². The number of halogens is 3. The van der Waals surface area contributed by atoms with E-state index in [9.17, 15) is 13.2 Å². The van der Waals surface area contributed by atoms with Gasteiger partial charge in [-0.05, 0) is 52.4 Å². The Hall–Kier alpha value is -2.59. The quantitative estimate of drug-likeness (QED) is 0.521. The average Bonchev–Trinajstić information content (AvgIpc) is 2.72. The van der Waals surface area contributed by atoms with E-state index in [1.807, 2.05) is 6.07 Å². The van der Waals surface area contributed by atoms with Crippen LogP contribution in [0, 0.1) is 0 Å². The Morgan fingerprint density at radius 1 is 0.857 bits per heavy atom. The highest BCUT2D eigenvalue weighted by molar-refractivity contribution is 5.83. The third kappa shape index (κ3) is 4.28. The Morgan fingerprint density at radius 3 is 2.43 bits per heavy atom. The highest BCUT2D eigenvalue weighted by Crippen LogP contribution is 2.32. The van der Waals surface area contributed by atoms with Crippen molar-refractivity contribution in [1.82, 2.24) is 4.90 Å². The van der Waals surface area contributed by atoms with E-state index in [0.717, 1.165) is 44.1 Å². The van der Waals surface area contributed by atoms with Gasteiger partial charge in [-0.1, -0.05) is 60.7 Å². The lowest BCUT2D eigenvalue weighted by molar-refractivity contribution is -0.137. The molecule has 0 aliphatic carbocycles. The van der Waals surface area contributed by atoms with Gasteiger partial charge in [0.2, 0.25) is 0 Å². The molecular weight excluding hydrogens is 359 g/mol. The summed E-state index contributed by atoms with van der Waals surface area (Å²) in [5.41, 5.74) is 2.42. The fraction of sp³-hybridized carbons (Fsp3) is 0.250. The van der Waals surface area contributed by atoms with Gasteiger partial charge in [0.1, 0.15) is 0 Å². The van der Waals surface area contributed by atoms with Gasteiger partial charge >= 0.3 is 6.18 Å². The fourth-order valence-electron chi connectivity index (χ4n) is 3.75. The van der Waals surface area contributed by atoms with Gasteiger partial charge in [-0.3, -0.25) is 4.90 Å². The molecule has 0 N–H and O–H groups in total. The van der Waals surface area contributed by atoms with Crippen LogP contribution in [0.25, 0.3) is 16.3 Å². The number of nitrogens with zero attached hydrogens (tertiary/aromatic N) is 1. The van der Waals surface area contributed by atoms with E-state index in [0.29, 0.717) is 5.56 Å². The number of rotatable bonds is 4. The maximum absolute atomic E-state index is 12.9. The zero-order chi connectivity index (χ0) is 19.6. The first-order valence-corrected chi connectivity index (χ1v) is 9.56. The zero-order valence-electron chi connectivity index (χ0n) is 15.5. The minimum atomic E-state index is -4.29. The topological polar surface area (TPSA) is 3.24 Å². The van der Waals surface area contributed by atoms with E-state index >= 15 is 0 Å². The molecule has 0 bridgehead atoms. The smallest absolute Gasteiger partial charge is 0.299 e. The highest BCUT2D eigenvalue weighted by Gasteiger charge is 2.30. The van der Waals surface area contributed by atoms with Crippen LogP contribution >= 0.6 is 0 Å². The number of fused-ring (bicyclic) bond motifs is 1. The van der Waals surface area contributed by atoms with E-state index in [1.54, 1.807) is 6.07 Å². The van der Waals surface area contributed by atoms with Crippen LogP contribution in [0.5, 0.6) is 0 Å². The summed E-state index contributed by atoms with van der Waals surface area (Å²) in [7, 11) is 0. The standard InChI is InChI=1S/C24H22F3N/c25-24(26,27)23-7-3-6-22(17-23)20-11-14-28(15-12-20)13-10-18-8-9-19-4-1-2-5-21(19)16-18/h1-9,11,16-17H,10,12-15H2. The first-order valence-electron chi connectivity index (χ1n) is 9.56. The first kappa shape index (κ1) is 18.8. The number of hydrogen-bond acceptors (Lipinski definition) is 1. The summed E-state index contributed by atoms with van der Waals surface area (Å²) < 4.78 is 38.8. The summed E-state index contributed by atoms with van der Waals surface area (Å²) >= 11 is 0. The van der Waals surface area contributed by atoms with E-state index in [4.69, 9.17) is 0 Å². The predicted molar refractivity (Wildman–Crippen MR) is 108 cm³/mol. The Balaban J connectivity index is 1.38. The van der Waals surface area contributed by atoms with Crippen molar-refractivity contribution in [1.29, 1.82) is 0 Å². The molecule has 0 unspecified atom stereocenters. The molecule has 1 heterocycles. The lowest BCUT2D eigenvalue weighted by Gasteiger charge is -2.26. The Bertz CT molecular complexity index is 1000. The summed E-state index contributed by atoms with van der Waals surface area (Å²) in [6, 6.07) is 20.6. The number of benzene rings is 3. The predicted octanol–water partition coefficient (Wildman–Crippen LogP) is 6.19. The summed E-state index contributed by atoms with van der Waals surface area (Å²) in [6.45, 7) is 2.60. The molecule has 0 aromatic heterocycles. The molecule has 3 aromatic rings. The Kier molecular flexibility index (Phi) is 5.23. The van der Waals surface area contributed by atoms with Crippen LogP contribution < -0.4 is 0 Å². The Morgan fingerprint density at radius 2 is 1.68 bits per heavy atom.